The van der Waals surface area contributed by atoms with Gasteiger partial charge in [0.2, 0.25) is 0 Å². The zero-order chi connectivity index (χ0) is 21.9. The van der Waals surface area contributed by atoms with E-state index in [1.165, 1.54) is 0 Å². The van der Waals surface area contributed by atoms with Crippen LogP contribution < -0.4 is 14.8 Å². The first-order valence-corrected chi connectivity index (χ1v) is 11.3. The van der Waals surface area contributed by atoms with E-state index in [1.807, 2.05) is 30.3 Å². The molecule has 0 atom stereocenters. The molecular weight excluding hydrogens is 428 g/mol. The van der Waals surface area contributed by atoms with Gasteiger partial charge in [-0.15, -0.1) is 0 Å². The van der Waals surface area contributed by atoms with Crippen LogP contribution in [0.4, 0.5) is 11.5 Å². The average Bonchev–Trinajstić information content (AvgIpc) is 3.36. The number of anilines is 2. The predicted molar refractivity (Wildman–Crippen MR) is 128 cm³/mol. The van der Waals surface area contributed by atoms with Gasteiger partial charge in [0.1, 0.15) is 5.82 Å². The lowest BCUT2D eigenvalue weighted by atomic mass is 10.2. The van der Waals surface area contributed by atoms with Gasteiger partial charge in [-0.1, -0.05) is 17.7 Å². The van der Waals surface area contributed by atoms with Crippen molar-refractivity contribution in [2.45, 2.75) is 6.42 Å². The molecule has 1 fully saturated rings. The van der Waals surface area contributed by atoms with Crippen LogP contribution in [0.3, 0.4) is 0 Å². The second kappa shape index (κ2) is 9.32. The number of morpholine rings is 1. The number of aromatic nitrogens is 2. The van der Waals surface area contributed by atoms with E-state index in [9.17, 15) is 0 Å². The highest BCUT2D eigenvalue weighted by molar-refractivity contribution is 6.30. The maximum Gasteiger partial charge on any atom is 0.161 e. The molecule has 1 saturated heterocycles. The fourth-order valence-electron chi connectivity index (χ4n) is 4.19. The Balaban J connectivity index is 1.33. The number of nitrogens with one attached hydrogen (secondary N) is 3. The number of ether oxygens (including phenoxy) is 3. The zero-order valence-electron chi connectivity index (χ0n) is 18.0. The summed E-state index contributed by atoms with van der Waals surface area (Å²) in [6, 6.07) is 13.9. The molecule has 2 aromatic carbocycles. The molecule has 0 unspecified atom stereocenters. The molecular formula is C24H27ClN4O3. The van der Waals surface area contributed by atoms with Gasteiger partial charge in [-0.05, 0) is 48.2 Å². The number of hydrogen-bond acceptors (Lipinski definition) is 5. The lowest BCUT2D eigenvalue weighted by Crippen LogP contribution is -2.37. The Morgan fingerprint density at radius 2 is 1.97 bits per heavy atom. The van der Waals surface area contributed by atoms with Crippen LogP contribution in [-0.4, -0.2) is 61.7 Å². The molecule has 2 aromatic rings. The van der Waals surface area contributed by atoms with Crippen molar-refractivity contribution in [3.63, 3.8) is 0 Å². The fourth-order valence-corrected chi connectivity index (χ4v) is 4.38. The quantitative estimate of drug-likeness (QED) is 0.323. The summed E-state index contributed by atoms with van der Waals surface area (Å²) in [7, 11) is 1.68. The summed E-state index contributed by atoms with van der Waals surface area (Å²) in [5.74, 6) is 2.38. The highest BCUT2D eigenvalue weighted by Gasteiger charge is 2.20. The summed E-state index contributed by atoms with van der Waals surface area (Å²) < 4.78 is 17.1. The molecule has 0 radical (unpaired) electrons. The number of aromatic amines is 2. The predicted octanol–water partition coefficient (Wildman–Crippen LogP) is 5.11. The summed E-state index contributed by atoms with van der Waals surface area (Å²) in [5, 5.41) is 12.7. The molecule has 1 aliphatic carbocycles. The molecule has 3 aliphatic rings. The van der Waals surface area contributed by atoms with Crippen molar-refractivity contribution in [3.8, 4) is 22.8 Å². The lowest BCUT2D eigenvalue weighted by molar-refractivity contribution is 0.0357. The smallest absolute Gasteiger partial charge is 0.161 e. The van der Waals surface area contributed by atoms with Gasteiger partial charge in [0, 0.05) is 41.3 Å². The van der Waals surface area contributed by atoms with Gasteiger partial charge in [0.25, 0.3) is 0 Å². The van der Waals surface area contributed by atoms with Crippen LogP contribution >= 0.6 is 11.6 Å². The third-order valence-electron chi connectivity index (χ3n) is 5.83. The number of hydrogen-bond donors (Lipinski definition) is 3. The van der Waals surface area contributed by atoms with E-state index in [0.29, 0.717) is 11.6 Å². The standard InChI is InChI=1S/C24H27ClN4O3/c1-30-21-15-19-16(13-22(21)32-9-3-6-29-7-10-31-11-8-29)12-20-23(19)27-28-24(20)26-18-5-2-4-17(25)14-18/h2,4-5,12-15,26-28H,3,6-11H2,1H3. The van der Waals surface area contributed by atoms with E-state index in [0.717, 1.165) is 84.3 Å². The number of rotatable bonds is 8. The summed E-state index contributed by atoms with van der Waals surface area (Å²) in [6.45, 7) is 5.30. The van der Waals surface area contributed by atoms with Crippen molar-refractivity contribution < 1.29 is 14.2 Å². The van der Waals surface area contributed by atoms with Crippen molar-refractivity contribution in [2.75, 3.05) is 51.9 Å². The lowest BCUT2D eigenvalue weighted by Gasteiger charge is -2.26. The minimum absolute atomic E-state index is 0.646. The summed E-state index contributed by atoms with van der Waals surface area (Å²) in [5.41, 5.74) is 3.00. The van der Waals surface area contributed by atoms with Gasteiger partial charge in [-0.2, -0.15) is 0 Å². The van der Waals surface area contributed by atoms with Crippen molar-refractivity contribution in [1.29, 1.82) is 0 Å². The van der Waals surface area contributed by atoms with E-state index in [-0.39, 0.29) is 0 Å². The second-order valence-electron chi connectivity index (χ2n) is 7.94. The van der Waals surface area contributed by atoms with Gasteiger partial charge in [0.05, 0.1) is 32.6 Å². The Hall–Kier alpha value is -2.87. The van der Waals surface area contributed by atoms with Crippen LogP contribution in [0.5, 0.6) is 11.5 Å². The minimum atomic E-state index is 0.646. The number of fused-ring (bicyclic) bond motifs is 3. The van der Waals surface area contributed by atoms with E-state index in [1.54, 1.807) is 7.11 Å². The molecule has 0 amide bonds. The molecule has 2 aliphatic heterocycles. The van der Waals surface area contributed by atoms with Gasteiger partial charge >= 0.3 is 0 Å². The van der Waals surface area contributed by atoms with Crippen LogP contribution in [0.1, 0.15) is 6.42 Å². The maximum atomic E-state index is 6.12. The normalized spacial score (nSPS) is 14.8. The molecule has 3 N–H and O–H groups in total. The number of halogens is 1. The summed E-state index contributed by atoms with van der Waals surface area (Å²) >= 11 is 6.12. The first-order valence-electron chi connectivity index (χ1n) is 10.9. The number of nitrogens with zero attached hydrogens (tertiary/aromatic N) is 1. The van der Waals surface area contributed by atoms with E-state index >= 15 is 0 Å². The summed E-state index contributed by atoms with van der Waals surface area (Å²) in [6.07, 6.45) is 0.964. The molecule has 168 valence electrons. The molecule has 0 bridgehead atoms. The monoisotopic (exact) mass is 454 g/mol. The topological polar surface area (TPSA) is 74.5 Å². The van der Waals surface area contributed by atoms with Gasteiger partial charge < -0.3 is 19.5 Å². The number of benzene rings is 2. The Morgan fingerprint density at radius 3 is 2.78 bits per heavy atom. The Kier molecular flexibility index (Phi) is 6.12. The molecule has 0 aromatic heterocycles. The van der Waals surface area contributed by atoms with Crippen LogP contribution in [0, 0.1) is 0 Å². The molecule has 7 nitrogen and oxygen atoms in total. The number of methoxy groups -OCH3 is 1. The first kappa shape index (κ1) is 21.0. The molecule has 2 heterocycles. The Labute approximate surface area is 191 Å². The van der Waals surface area contributed by atoms with Crippen LogP contribution in [0.15, 0.2) is 42.5 Å². The number of H-pyrrole nitrogens is 2. The zero-order valence-corrected chi connectivity index (χ0v) is 18.8. The molecule has 5 rings (SSSR count). The van der Waals surface area contributed by atoms with Gasteiger partial charge in [-0.25, -0.2) is 0 Å². The van der Waals surface area contributed by atoms with E-state index in [4.69, 9.17) is 25.8 Å². The summed E-state index contributed by atoms with van der Waals surface area (Å²) in [4.78, 5) is 2.41. The SMILES string of the molecule is COc1cc2c3[nH][nH]c(Nc4cccc(Cl)c4)c-3cc2cc1OCCCN1CCOCC1. The van der Waals surface area contributed by atoms with E-state index < -0.39 is 0 Å². The second-order valence-corrected chi connectivity index (χ2v) is 8.38. The van der Waals surface area contributed by atoms with Crippen molar-refractivity contribution in [1.82, 2.24) is 15.1 Å². The first-order chi connectivity index (χ1) is 15.7. The van der Waals surface area contributed by atoms with Crippen LogP contribution in [0.25, 0.3) is 22.0 Å². The minimum Gasteiger partial charge on any atom is -0.493 e. The largest absolute Gasteiger partial charge is 0.493 e. The van der Waals surface area contributed by atoms with Crippen LogP contribution in [0.2, 0.25) is 5.02 Å². The Morgan fingerprint density at radius 1 is 1.09 bits per heavy atom. The van der Waals surface area contributed by atoms with E-state index in [2.05, 4.69) is 32.5 Å². The average molecular weight is 455 g/mol. The van der Waals surface area contributed by atoms with Gasteiger partial charge in [0.15, 0.2) is 11.5 Å². The maximum absolute atomic E-state index is 6.12. The third kappa shape index (κ3) is 4.37. The molecule has 32 heavy (non-hydrogen) atoms. The molecule has 8 heteroatoms. The Bertz CT molecular complexity index is 1170. The highest BCUT2D eigenvalue weighted by atomic mass is 35.5. The van der Waals surface area contributed by atoms with Crippen LogP contribution in [-0.2, 0) is 4.74 Å². The highest BCUT2D eigenvalue weighted by Crippen LogP contribution is 2.43. The fraction of sp³-hybridized carbons (Fsp3) is 0.333. The van der Waals surface area contributed by atoms with Crippen molar-refractivity contribution in [3.05, 3.63) is 47.5 Å². The third-order valence-corrected chi connectivity index (χ3v) is 6.07. The molecule has 0 saturated carbocycles. The van der Waals surface area contributed by atoms with Crippen molar-refractivity contribution in [2.24, 2.45) is 0 Å². The van der Waals surface area contributed by atoms with Gasteiger partial charge in [-0.3, -0.25) is 15.1 Å². The molecule has 0 spiro atoms. The van der Waals surface area contributed by atoms with Crippen molar-refractivity contribution >= 4 is 33.9 Å².